The van der Waals surface area contributed by atoms with E-state index in [0.717, 1.165) is 40.6 Å². The molecule has 4 aromatic rings. The van der Waals surface area contributed by atoms with E-state index in [9.17, 15) is 0 Å². The Hall–Kier alpha value is -2.53. The average Bonchev–Trinajstić information content (AvgIpc) is 3.46. The number of hydrogen-bond acceptors (Lipinski definition) is 2. The normalized spacial score (nSPS) is 30.3. The van der Waals surface area contributed by atoms with Crippen LogP contribution in [-0.2, 0) is 6.61 Å². The number of benzene rings is 4. The predicted molar refractivity (Wildman–Crippen MR) is 162 cm³/mol. The molecular weight excluding hydrogens is 579 g/mol. The third-order valence-electron chi connectivity index (χ3n) is 10.9. The number of fused-ring (bicyclic) bond motifs is 1. The third-order valence-corrected chi connectivity index (χ3v) is 11.7. The number of hydrogen-bond donors (Lipinski definition) is 0. The number of ether oxygens (including phenoxy) is 2. The van der Waals surface area contributed by atoms with Crippen LogP contribution in [0, 0.1) is 32.7 Å². The van der Waals surface area contributed by atoms with Crippen LogP contribution in [0.25, 0.3) is 21.9 Å². The zero-order valence-corrected chi connectivity index (χ0v) is 24.0. The average molecular weight is 613 g/mol. The summed E-state index contributed by atoms with van der Waals surface area (Å²) >= 11 is 2.51. The van der Waals surface area contributed by atoms with Gasteiger partial charge in [0, 0.05) is 14.5 Å². The fourth-order valence-electron chi connectivity index (χ4n) is 9.47. The molecule has 0 amide bonds. The fraction of sp³-hybridized carbons (Fsp3) is 0.371. The fourth-order valence-corrected chi connectivity index (χ4v) is 10.4. The van der Waals surface area contributed by atoms with Crippen LogP contribution < -0.4 is 9.47 Å². The second-order valence-corrected chi connectivity index (χ2v) is 13.3. The van der Waals surface area contributed by atoms with E-state index < -0.39 is 0 Å². The monoisotopic (exact) mass is 612 g/mol. The van der Waals surface area contributed by atoms with E-state index in [2.05, 4.69) is 101 Å². The molecule has 0 radical (unpaired) electrons. The third kappa shape index (κ3) is 3.17. The van der Waals surface area contributed by atoms with Crippen LogP contribution in [0.5, 0.6) is 11.5 Å². The van der Waals surface area contributed by atoms with Crippen molar-refractivity contribution in [1.29, 1.82) is 0 Å². The van der Waals surface area contributed by atoms with Gasteiger partial charge >= 0.3 is 0 Å². The summed E-state index contributed by atoms with van der Waals surface area (Å²) in [6.45, 7) is 0.554. The van der Waals surface area contributed by atoms with Crippen LogP contribution in [-0.4, -0.2) is 7.11 Å². The van der Waals surface area contributed by atoms with E-state index in [4.69, 9.17) is 9.47 Å². The Kier molecular flexibility index (Phi) is 5.37. The molecule has 38 heavy (non-hydrogen) atoms. The number of halogens is 1. The van der Waals surface area contributed by atoms with Crippen LogP contribution in [0.2, 0.25) is 0 Å². The molecule has 0 heterocycles. The van der Waals surface area contributed by atoms with Crippen molar-refractivity contribution >= 4 is 33.4 Å². The van der Waals surface area contributed by atoms with Gasteiger partial charge in [-0.15, -0.1) is 0 Å². The highest BCUT2D eigenvalue weighted by Crippen LogP contribution is 2.83. The molecule has 1 spiro atoms. The van der Waals surface area contributed by atoms with E-state index >= 15 is 0 Å². The Balaban J connectivity index is 1.29. The zero-order chi connectivity index (χ0) is 25.4. The smallest absolute Gasteiger partial charge is 0.128 e. The van der Waals surface area contributed by atoms with Gasteiger partial charge in [0.2, 0.25) is 0 Å². The zero-order valence-electron chi connectivity index (χ0n) is 21.8. The maximum Gasteiger partial charge on any atom is 0.128 e. The van der Waals surface area contributed by atoms with Gasteiger partial charge in [0.1, 0.15) is 18.1 Å². The van der Waals surface area contributed by atoms with Gasteiger partial charge in [-0.25, -0.2) is 0 Å². The van der Waals surface area contributed by atoms with Gasteiger partial charge in [0.25, 0.3) is 0 Å². The van der Waals surface area contributed by atoms with Crippen molar-refractivity contribution in [2.24, 2.45) is 29.1 Å². The molecule has 0 aromatic heterocycles. The second kappa shape index (κ2) is 8.74. The Morgan fingerprint density at radius 1 is 0.789 bits per heavy atom. The summed E-state index contributed by atoms with van der Waals surface area (Å²) in [5, 5.41) is 2.43. The van der Waals surface area contributed by atoms with E-state index in [-0.39, 0.29) is 0 Å². The Morgan fingerprint density at radius 2 is 1.53 bits per heavy atom. The Morgan fingerprint density at radius 3 is 2.29 bits per heavy atom. The lowest BCUT2D eigenvalue weighted by Crippen LogP contribution is -2.60. The molecule has 0 N–H and O–H groups in total. The van der Waals surface area contributed by atoms with Crippen molar-refractivity contribution in [1.82, 2.24) is 0 Å². The SMILES string of the molecule is COc1cc2c(OCc3ccccc3)cc(I)c(-c3ccccc3)c2cc1C1CC2CC3CC4CCC1C423. The minimum atomic E-state index is 0.554. The molecule has 4 aromatic carbocycles. The molecule has 0 saturated heterocycles. The minimum Gasteiger partial charge on any atom is -0.496 e. The summed E-state index contributed by atoms with van der Waals surface area (Å²) in [5.41, 5.74) is 5.87. The highest BCUT2D eigenvalue weighted by atomic mass is 127. The molecule has 0 bridgehead atoms. The van der Waals surface area contributed by atoms with Crippen molar-refractivity contribution in [3.05, 3.63) is 93.6 Å². The van der Waals surface area contributed by atoms with Crippen molar-refractivity contribution in [2.45, 2.75) is 44.6 Å². The summed E-state index contributed by atoms with van der Waals surface area (Å²) in [4.78, 5) is 0. The molecule has 192 valence electrons. The van der Waals surface area contributed by atoms with Crippen molar-refractivity contribution < 1.29 is 9.47 Å². The van der Waals surface area contributed by atoms with Crippen LogP contribution in [0.15, 0.2) is 78.9 Å². The standard InChI is InChI=1S/C35H33IO2/c1-37-32-18-28-29(17-27(32)26-16-25-15-24-14-23-12-13-30(26)35(23,24)25)34(22-10-6-3-7-11-22)31(36)19-33(28)38-20-21-8-4-2-5-9-21/h2-11,17-19,23-26,30H,12-16,20H2,1H3. The largest absolute Gasteiger partial charge is 0.496 e. The van der Waals surface area contributed by atoms with Gasteiger partial charge in [-0.1, -0.05) is 60.7 Å². The lowest BCUT2D eigenvalue weighted by molar-refractivity contribution is -0.179. The minimum absolute atomic E-state index is 0.554. The summed E-state index contributed by atoms with van der Waals surface area (Å²) in [6.07, 6.45) is 7.19. The summed E-state index contributed by atoms with van der Waals surface area (Å²) in [7, 11) is 1.85. The Bertz CT molecular complexity index is 1530. The van der Waals surface area contributed by atoms with Crippen molar-refractivity contribution in [3.8, 4) is 22.6 Å². The molecule has 4 fully saturated rings. The summed E-state index contributed by atoms with van der Waals surface area (Å²) < 4.78 is 13.9. The van der Waals surface area contributed by atoms with Crippen molar-refractivity contribution in [3.63, 3.8) is 0 Å². The Labute approximate surface area is 238 Å². The molecule has 4 saturated carbocycles. The summed E-state index contributed by atoms with van der Waals surface area (Å²) in [6, 6.07) is 28.3. The number of methoxy groups -OCH3 is 1. The van der Waals surface area contributed by atoms with Gasteiger partial charge in [-0.3, -0.25) is 0 Å². The topological polar surface area (TPSA) is 18.5 Å². The van der Waals surface area contributed by atoms with Gasteiger partial charge in [0.15, 0.2) is 0 Å². The van der Waals surface area contributed by atoms with E-state index in [1.165, 1.54) is 63.3 Å². The van der Waals surface area contributed by atoms with E-state index in [0.29, 0.717) is 17.9 Å². The first kappa shape index (κ1) is 23.4. The van der Waals surface area contributed by atoms with Crippen LogP contribution >= 0.6 is 22.6 Å². The molecule has 4 aliphatic rings. The van der Waals surface area contributed by atoms with Gasteiger partial charge in [-0.2, -0.15) is 0 Å². The molecule has 6 atom stereocenters. The first-order valence-corrected chi connectivity index (χ1v) is 15.3. The number of rotatable bonds is 6. The van der Waals surface area contributed by atoms with Gasteiger partial charge in [-0.05, 0) is 130 Å². The van der Waals surface area contributed by atoms with Crippen LogP contribution in [0.1, 0.15) is 49.1 Å². The molecule has 6 unspecified atom stereocenters. The molecule has 4 aliphatic carbocycles. The lowest BCUT2D eigenvalue weighted by atomic mass is 9.38. The summed E-state index contributed by atoms with van der Waals surface area (Å²) in [5.74, 6) is 6.40. The molecule has 0 aliphatic heterocycles. The van der Waals surface area contributed by atoms with E-state index in [1.807, 2.05) is 7.11 Å². The maximum absolute atomic E-state index is 6.51. The quantitative estimate of drug-likeness (QED) is 0.202. The van der Waals surface area contributed by atoms with Crippen molar-refractivity contribution in [2.75, 3.05) is 7.11 Å². The molecular formula is C35H33IO2. The molecule has 3 heteroatoms. The van der Waals surface area contributed by atoms with Gasteiger partial charge in [0.05, 0.1) is 7.11 Å². The van der Waals surface area contributed by atoms with E-state index in [1.54, 1.807) is 0 Å². The van der Waals surface area contributed by atoms with Crippen LogP contribution in [0.4, 0.5) is 0 Å². The highest BCUT2D eigenvalue weighted by Gasteiger charge is 2.75. The second-order valence-electron chi connectivity index (χ2n) is 12.1. The first-order chi connectivity index (χ1) is 18.7. The van der Waals surface area contributed by atoms with Crippen LogP contribution in [0.3, 0.4) is 0 Å². The molecule has 2 nitrogen and oxygen atoms in total. The first-order valence-electron chi connectivity index (χ1n) is 14.2. The molecule has 8 rings (SSSR count). The highest BCUT2D eigenvalue weighted by molar-refractivity contribution is 14.1. The van der Waals surface area contributed by atoms with Gasteiger partial charge < -0.3 is 9.47 Å². The maximum atomic E-state index is 6.51. The predicted octanol–water partition coefficient (Wildman–Crippen LogP) is 9.24. The lowest BCUT2D eigenvalue weighted by Gasteiger charge is -2.66.